The molecule has 3 heterocycles. The van der Waals surface area contributed by atoms with Crippen LogP contribution in [0.25, 0.3) is 0 Å². The topological polar surface area (TPSA) is 144 Å². The van der Waals surface area contributed by atoms with Crippen LogP contribution in [0.5, 0.6) is 0 Å². The highest BCUT2D eigenvalue weighted by molar-refractivity contribution is 5.94. The lowest BCUT2D eigenvalue weighted by molar-refractivity contribution is -0.255. The molecule has 0 aromatic carbocycles. The average molecular weight is 500 g/mol. The van der Waals surface area contributed by atoms with Crippen LogP contribution in [0.1, 0.15) is 70.4 Å². The van der Waals surface area contributed by atoms with Crippen LogP contribution in [0.4, 0.5) is 17.3 Å². The molecule has 196 valence electrons. The zero-order chi connectivity index (χ0) is 26.8. The maximum atomic E-state index is 13.5. The number of hydrogen-bond donors (Lipinski definition) is 3. The van der Waals surface area contributed by atoms with Gasteiger partial charge in [-0.25, -0.2) is 9.97 Å². The number of hydroxylamine groups is 2. The fourth-order valence-corrected chi connectivity index (χ4v) is 4.47. The number of pyridine rings is 1. The van der Waals surface area contributed by atoms with Crippen molar-refractivity contribution >= 4 is 29.2 Å². The first-order valence-corrected chi connectivity index (χ1v) is 12.1. The molecule has 0 saturated heterocycles. The highest BCUT2D eigenvalue weighted by atomic mass is 16.7. The van der Waals surface area contributed by atoms with E-state index in [1.165, 1.54) is 17.0 Å². The normalized spacial score (nSPS) is 18.1. The van der Waals surface area contributed by atoms with Gasteiger partial charge in [0.2, 0.25) is 0 Å². The molecule has 1 amide bonds. The lowest BCUT2D eigenvalue weighted by Gasteiger charge is -2.46. The number of aryl methyl sites for hydroxylation is 1. The highest BCUT2D eigenvalue weighted by Gasteiger charge is 2.42. The van der Waals surface area contributed by atoms with Gasteiger partial charge in [-0.3, -0.25) is 14.4 Å². The molecule has 0 unspecified atom stereocenters. The molecular weight excluding hydrogens is 462 g/mol. The summed E-state index contributed by atoms with van der Waals surface area (Å²) in [6, 6.07) is 3.16. The molecule has 0 radical (unpaired) electrons. The number of aromatic nitrogens is 3. The minimum Gasteiger partial charge on any atom is -0.384 e. The standard InChI is InChI=1S/C25H37N7O4/c1-15(2)23(35)36-32-24(4,5)9-8-10-31-20(21(33)27-13-25(32,6)7)16(3)11-17(22(31)34)30-19-12-18(26)28-14-29-19/h11-12,14-15H,8-10,13H2,1-7H3,(H,27,33)(H3,26,28,29,30). The number of nitrogens with two attached hydrogens (primary N) is 1. The number of fused-ring (bicyclic) bond motifs is 1. The first-order valence-electron chi connectivity index (χ1n) is 12.1. The predicted molar refractivity (Wildman–Crippen MR) is 138 cm³/mol. The Morgan fingerprint density at radius 1 is 1.17 bits per heavy atom. The van der Waals surface area contributed by atoms with Crippen LogP contribution in [0, 0.1) is 12.8 Å². The Balaban J connectivity index is 2.01. The molecule has 11 heteroatoms. The second kappa shape index (κ2) is 10.3. The molecule has 2 aromatic rings. The summed E-state index contributed by atoms with van der Waals surface area (Å²) in [4.78, 5) is 53.2. The van der Waals surface area contributed by atoms with Crippen LogP contribution in [0.3, 0.4) is 0 Å². The SMILES string of the molecule is Cc1cc(Nc2cc(N)ncn2)c(=O)n2c1C(=O)NCC(C)(C)N(OC(=O)C(C)C)C(C)(C)CCC2. The molecule has 0 bridgehead atoms. The van der Waals surface area contributed by atoms with E-state index in [1.807, 2.05) is 27.7 Å². The van der Waals surface area contributed by atoms with Crippen molar-refractivity contribution in [1.29, 1.82) is 0 Å². The summed E-state index contributed by atoms with van der Waals surface area (Å²) >= 11 is 0. The minimum absolute atomic E-state index is 0.203. The number of nitrogens with zero attached hydrogens (tertiary/aromatic N) is 4. The average Bonchev–Trinajstić information content (AvgIpc) is 2.79. The van der Waals surface area contributed by atoms with E-state index in [0.29, 0.717) is 36.5 Å². The second-order valence-electron chi connectivity index (χ2n) is 10.8. The third kappa shape index (κ3) is 5.84. The van der Waals surface area contributed by atoms with Crippen molar-refractivity contribution < 1.29 is 14.4 Å². The van der Waals surface area contributed by atoms with E-state index in [9.17, 15) is 14.4 Å². The smallest absolute Gasteiger partial charge is 0.327 e. The van der Waals surface area contributed by atoms with Crippen LogP contribution >= 0.6 is 0 Å². The molecule has 0 aliphatic carbocycles. The highest BCUT2D eigenvalue weighted by Crippen LogP contribution is 2.31. The minimum atomic E-state index is -0.707. The van der Waals surface area contributed by atoms with Gasteiger partial charge in [-0.1, -0.05) is 13.8 Å². The molecule has 36 heavy (non-hydrogen) atoms. The maximum absolute atomic E-state index is 13.5. The number of carbonyl (C=O) groups is 2. The Labute approximate surface area is 211 Å². The van der Waals surface area contributed by atoms with Crippen LogP contribution in [0.15, 0.2) is 23.3 Å². The van der Waals surface area contributed by atoms with Gasteiger partial charge in [0.05, 0.1) is 17.0 Å². The van der Waals surface area contributed by atoms with E-state index in [1.54, 1.807) is 31.9 Å². The van der Waals surface area contributed by atoms with Crippen LogP contribution in [-0.4, -0.2) is 49.1 Å². The molecule has 3 rings (SSSR count). The van der Waals surface area contributed by atoms with Gasteiger partial charge >= 0.3 is 5.97 Å². The van der Waals surface area contributed by atoms with Crippen molar-refractivity contribution in [3.05, 3.63) is 40.1 Å². The number of rotatable bonds is 4. The van der Waals surface area contributed by atoms with Gasteiger partial charge in [-0.05, 0) is 59.1 Å². The van der Waals surface area contributed by atoms with Crippen molar-refractivity contribution in [1.82, 2.24) is 24.9 Å². The predicted octanol–water partition coefficient (Wildman–Crippen LogP) is 2.77. The summed E-state index contributed by atoms with van der Waals surface area (Å²) in [6.45, 7) is 13.7. The molecule has 0 fully saturated rings. The number of nitrogen functional groups attached to an aromatic ring is 1. The fourth-order valence-electron chi connectivity index (χ4n) is 4.47. The molecule has 1 aliphatic rings. The van der Waals surface area contributed by atoms with E-state index in [-0.39, 0.29) is 41.4 Å². The number of nitrogens with one attached hydrogen (secondary N) is 2. The van der Waals surface area contributed by atoms with E-state index in [4.69, 9.17) is 10.6 Å². The van der Waals surface area contributed by atoms with Crippen molar-refractivity contribution in [2.45, 2.75) is 78.9 Å². The number of amides is 1. The third-order valence-electron chi connectivity index (χ3n) is 6.25. The lowest BCUT2D eigenvalue weighted by Crippen LogP contribution is -2.60. The van der Waals surface area contributed by atoms with Gasteiger partial charge in [0.1, 0.15) is 29.3 Å². The molecule has 0 saturated carbocycles. The molecule has 0 atom stereocenters. The van der Waals surface area contributed by atoms with E-state index in [0.717, 1.165) is 0 Å². The van der Waals surface area contributed by atoms with E-state index in [2.05, 4.69) is 20.6 Å². The van der Waals surface area contributed by atoms with Crippen molar-refractivity contribution in [2.24, 2.45) is 5.92 Å². The van der Waals surface area contributed by atoms with Gasteiger partial charge in [-0.15, -0.1) is 5.06 Å². The monoisotopic (exact) mass is 499 g/mol. The molecule has 2 aromatic heterocycles. The van der Waals surface area contributed by atoms with Crippen LogP contribution in [-0.2, 0) is 16.2 Å². The van der Waals surface area contributed by atoms with Gasteiger partial charge in [0, 0.05) is 19.2 Å². The van der Waals surface area contributed by atoms with Gasteiger partial charge in [0.15, 0.2) is 0 Å². The largest absolute Gasteiger partial charge is 0.384 e. The first-order chi connectivity index (χ1) is 16.7. The van der Waals surface area contributed by atoms with E-state index < -0.39 is 11.1 Å². The van der Waals surface area contributed by atoms with Gasteiger partial charge in [0.25, 0.3) is 11.5 Å². The van der Waals surface area contributed by atoms with Crippen molar-refractivity contribution in [3.63, 3.8) is 0 Å². The van der Waals surface area contributed by atoms with E-state index >= 15 is 0 Å². The summed E-state index contributed by atoms with van der Waals surface area (Å²) in [5.74, 6) is -0.359. The van der Waals surface area contributed by atoms with Crippen LogP contribution in [0.2, 0.25) is 0 Å². The Kier molecular flexibility index (Phi) is 7.73. The first kappa shape index (κ1) is 27.1. The number of anilines is 3. The fraction of sp³-hybridized carbons (Fsp3) is 0.560. The summed E-state index contributed by atoms with van der Waals surface area (Å²) in [5.41, 5.74) is 5.34. The molecule has 4 N–H and O–H groups in total. The van der Waals surface area contributed by atoms with Crippen molar-refractivity contribution in [2.75, 3.05) is 17.6 Å². The lowest BCUT2D eigenvalue weighted by atomic mass is 9.92. The molecule has 0 spiro atoms. The zero-order valence-electron chi connectivity index (χ0n) is 22.1. The number of carbonyl (C=O) groups excluding carboxylic acids is 2. The summed E-state index contributed by atoms with van der Waals surface area (Å²) in [5, 5.41) is 7.65. The van der Waals surface area contributed by atoms with Gasteiger partial charge < -0.3 is 25.8 Å². The quantitative estimate of drug-likeness (QED) is 0.578. The Morgan fingerprint density at radius 2 is 1.86 bits per heavy atom. The number of hydrogen-bond acceptors (Lipinski definition) is 9. The van der Waals surface area contributed by atoms with Crippen LogP contribution < -0.4 is 21.9 Å². The summed E-state index contributed by atoms with van der Waals surface area (Å²) < 4.78 is 1.50. The second-order valence-corrected chi connectivity index (χ2v) is 10.8. The summed E-state index contributed by atoms with van der Waals surface area (Å²) in [7, 11) is 0. The van der Waals surface area contributed by atoms with Gasteiger partial charge in [-0.2, -0.15) is 0 Å². The third-order valence-corrected chi connectivity index (χ3v) is 6.25. The molecule has 1 aliphatic heterocycles. The molecular formula is C25H37N7O4. The zero-order valence-corrected chi connectivity index (χ0v) is 22.1. The Morgan fingerprint density at radius 3 is 2.50 bits per heavy atom. The summed E-state index contributed by atoms with van der Waals surface area (Å²) in [6.07, 6.45) is 2.49. The Hall–Kier alpha value is -3.47. The van der Waals surface area contributed by atoms with Crippen molar-refractivity contribution in [3.8, 4) is 0 Å². The Bertz CT molecular complexity index is 1200. The maximum Gasteiger partial charge on any atom is 0.327 e. The molecule has 11 nitrogen and oxygen atoms in total.